The second-order valence-corrected chi connectivity index (χ2v) is 4.23. The molecule has 0 bridgehead atoms. The van der Waals surface area contributed by atoms with Gasteiger partial charge in [0.05, 0.1) is 0 Å². The first-order chi connectivity index (χ1) is 9.28. The third-order valence-corrected chi connectivity index (χ3v) is 2.76. The molecule has 0 saturated heterocycles. The normalized spacial score (nSPS) is 11.4. The summed E-state index contributed by atoms with van der Waals surface area (Å²) >= 11 is 0. The van der Waals surface area contributed by atoms with Crippen molar-refractivity contribution < 1.29 is 22.3 Å². The van der Waals surface area contributed by atoms with E-state index in [1.165, 1.54) is 24.3 Å². The van der Waals surface area contributed by atoms with Gasteiger partial charge in [-0.2, -0.15) is 0 Å². The number of ether oxygens (including phenoxy) is 1. The van der Waals surface area contributed by atoms with Gasteiger partial charge in [0.2, 0.25) is 0 Å². The average Bonchev–Trinajstić information content (AvgIpc) is 2.33. The van der Waals surface area contributed by atoms with Crippen molar-refractivity contribution in [3.63, 3.8) is 0 Å². The van der Waals surface area contributed by atoms with Gasteiger partial charge in [-0.05, 0) is 30.7 Å². The van der Waals surface area contributed by atoms with E-state index in [1.807, 2.05) is 0 Å². The zero-order chi connectivity index (χ0) is 14.9. The Balaban J connectivity index is 2.56. The van der Waals surface area contributed by atoms with Crippen molar-refractivity contribution >= 4 is 5.69 Å². The smallest absolute Gasteiger partial charge is 0.405 e. The molecule has 0 atom stereocenters. The topological polar surface area (TPSA) is 35.2 Å². The number of para-hydroxylation sites is 1. The van der Waals surface area contributed by atoms with Crippen molar-refractivity contribution in [1.82, 2.24) is 0 Å². The number of nitrogens with two attached hydrogens (primary N) is 1. The van der Waals surface area contributed by atoms with Gasteiger partial charge < -0.3 is 10.5 Å². The van der Waals surface area contributed by atoms with Crippen LogP contribution in [0.15, 0.2) is 36.4 Å². The quantitative estimate of drug-likeness (QED) is 0.660. The molecular formula is C14H11F4NO. The Bertz CT molecular complexity index is 638. The molecule has 2 aromatic rings. The van der Waals surface area contributed by atoms with Gasteiger partial charge in [-0.1, -0.05) is 18.2 Å². The summed E-state index contributed by atoms with van der Waals surface area (Å²) in [6, 6.07) is 7.84. The summed E-state index contributed by atoms with van der Waals surface area (Å²) in [4.78, 5) is 0. The van der Waals surface area contributed by atoms with Crippen LogP contribution in [0.25, 0.3) is 11.1 Å². The van der Waals surface area contributed by atoms with Crippen molar-refractivity contribution in [3.8, 4) is 16.9 Å². The van der Waals surface area contributed by atoms with Crippen molar-refractivity contribution in [2.24, 2.45) is 0 Å². The maximum atomic E-state index is 13.9. The zero-order valence-electron chi connectivity index (χ0n) is 10.5. The molecular weight excluding hydrogens is 274 g/mol. The monoisotopic (exact) mass is 285 g/mol. The number of benzene rings is 2. The minimum atomic E-state index is -4.84. The Morgan fingerprint density at radius 1 is 1.05 bits per heavy atom. The predicted molar refractivity (Wildman–Crippen MR) is 67.7 cm³/mol. The molecule has 0 spiro atoms. The molecule has 0 heterocycles. The molecule has 6 heteroatoms. The summed E-state index contributed by atoms with van der Waals surface area (Å²) < 4.78 is 54.9. The van der Waals surface area contributed by atoms with Crippen LogP contribution in [-0.2, 0) is 0 Å². The summed E-state index contributed by atoms with van der Waals surface area (Å²) in [7, 11) is 0. The summed E-state index contributed by atoms with van der Waals surface area (Å²) in [6.45, 7) is 1.64. The van der Waals surface area contributed by atoms with E-state index in [9.17, 15) is 17.6 Å². The van der Waals surface area contributed by atoms with Crippen molar-refractivity contribution in [1.29, 1.82) is 0 Å². The predicted octanol–water partition coefficient (Wildman–Crippen LogP) is 4.28. The summed E-state index contributed by atoms with van der Waals surface area (Å²) in [5.74, 6) is -1.16. The second kappa shape index (κ2) is 5.03. The highest BCUT2D eigenvalue weighted by Crippen LogP contribution is 2.36. The maximum absolute atomic E-state index is 13.9. The Morgan fingerprint density at radius 2 is 1.70 bits per heavy atom. The van der Waals surface area contributed by atoms with Gasteiger partial charge in [-0.25, -0.2) is 4.39 Å². The Hall–Kier alpha value is -2.24. The van der Waals surface area contributed by atoms with Crippen molar-refractivity contribution in [2.45, 2.75) is 13.3 Å². The van der Waals surface area contributed by atoms with Crippen LogP contribution < -0.4 is 10.5 Å². The van der Waals surface area contributed by atoms with Gasteiger partial charge in [0.15, 0.2) is 0 Å². The third kappa shape index (κ3) is 3.01. The number of hydrogen-bond acceptors (Lipinski definition) is 2. The number of alkyl halides is 3. The molecule has 0 aliphatic carbocycles. The molecule has 2 N–H and O–H groups in total. The third-order valence-electron chi connectivity index (χ3n) is 2.76. The van der Waals surface area contributed by atoms with Gasteiger partial charge in [0.25, 0.3) is 0 Å². The molecule has 0 aromatic heterocycles. The molecule has 2 aromatic carbocycles. The minimum absolute atomic E-state index is 0.0107. The van der Waals surface area contributed by atoms with Crippen LogP contribution in [0, 0.1) is 12.7 Å². The highest BCUT2D eigenvalue weighted by Gasteiger charge is 2.32. The highest BCUT2D eigenvalue weighted by atomic mass is 19.4. The van der Waals surface area contributed by atoms with Gasteiger partial charge in [-0.15, -0.1) is 13.2 Å². The fraction of sp³-hybridized carbons (Fsp3) is 0.143. The lowest BCUT2D eigenvalue weighted by molar-refractivity contribution is -0.274. The lowest BCUT2D eigenvalue weighted by atomic mass is 10.0. The molecule has 106 valence electrons. The van der Waals surface area contributed by atoms with Crippen molar-refractivity contribution in [3.05, 3.63) is 47.8 Å². The van der Waals surface area contributed by atoms with Crippen LogP contribution in [-0.4, -0.2) is 6.36 Å². The first-order valence-corrected chi connectivity index (χ1v) is 5.68. The molecule has 0 aliphatic rings. The SMILES string of the molecule is Cc1cc(-c2ccccc2OC(F)(F)F)c(F)cc1N. The molecule has 0 amide bonds. The van der Waals surface area contributed by atoms with Gasteiger partial charge in [-0.3, -0.25) is 0 Å². The summed E-state index contributed by atoms with van der Waals surface area (Å²) in [6.07, 6.45) is -4.84. The largest absolute Gasteiger partial charge is 0.573 e. The van der Waals surface area contributed by atoms with Crippen LogP contribution in [0.4, 0.5) is 23.2 Å². The molecule has 0 unspecified atom stereocenters. The summed E-state index contributed by atoms with van der Waals surface area (Å²) in [5.41, 5.74) is 6.39. The first-order valence-electron chi connectivity index (χ1n) is 5.68. The number of halogens is 4. The molecule has 0 saturated carbocycles. The van der Waals surface area contributed by atoms with Gasteiger partial charge in [0.1, 0.15) is 11.6 Å². The van der Waals surface area contributed by atoms with E-state index in [-0.39, 0.29) is 16.8 Å². The number of nitrogen functional groups attached to an aromatic ring is 1. The second-order valence-electron chi connectivity index (χ2n) is 4.23. The van der Waals surface area contributed by atoms with E-state index in [4.69, 9.17) is 5.73 Å². The van der Waals surface area contributed by atoms with E-state index in [2.05, 4.69) is 4.74 Å². The summed E-state index contributed by atoms with van der Waals surface area (Å²) in [5, 5.41) is 0. The van der Waals surface area contributed by atoms with E-state index in [1.54, 1.807) is 6.92 Å². The average molecular weight is 285 g/mol. The molecule has 0 radical (unpaired) electrons. The van der Waals surface area contributed by atoms with Crippen LogP contribution in [0.2, 0.25) is 0 Å². The Morgan fingerprint density at radius 3 is 2.35 bits per heavy atom. The van der Waals surface area contributed by atoms with Crippen LogP contribution in [0.5, 0.6) is 5.75 Å². The fourth-order valence-electron chi connectivity index (χ4n) is 1.81. The lowest BCUT2D eigenvalue weighted by Gasteiger charge is -2.14. The number of anilines is 1. The molecule has 2 nitrogen and oxygen atoms in total. The lowest BCUT2D eigenvalue weighted by Crippen LogP contribution is -2.17. The van der Waals surface area contributed by atoms with Crippen LogP contribution in [0.1, 0.15) is 5.56 Å². The van der Waals surface area contributed by atoms with Crippen LogP contribution in [0.3, 0.4) is 0 Å². The molecule has 0 aliphatic heterocycles. The highest BCUT2D eigenvalue weighted by molar-refractivity contribution is 5.73. The van der Waals surface area contributed by atoms with E-state index >= 15 is 0 Å². The van der Waals surface area contributed by atoms with E-state index < -0.39 is 17.9 Å². The molecule has 20 heavy (non-hydrogen) atoms. The standard InChI is InChI=1S/C14H11F4NO/c1-8-6-10(11(15)7-12(8)19)9-4-2-3-5-13(9)20-14(16,17)18/h2-7H,19H2,1H3. The minimum Gasteiger partial charge on any atom is -0.405 e. The fourth-order valence-corrected chi connectivity index (χ4v) is 1.81. The number of rotatable bonds is 2. The molecule has 2 rings (SSSR count). The van der Waals surface area contributed by atoms with Gasteiger partial charge in [0, 0.05) is 16.8 Å². The zero-order valence-corrected chi connectivity index (χ0v) is 10.5. The Kier molecular flexibility index (Phi) is 3.57. The van der Waals surface area contributed by atoms with E-state index in [0.29, 0.717) is 5.56 Å². The van der Waals surface area contributed by atoms with Gasteiger partial charge >= 0.3 is 6.36 Å². The van der Waals surface area contributed by atoms with Crippen molar-refractivity contribution in [2.75, 3.05) is 5.73 Å². The maximum Gasteiger partial charge on any atom is 0.573 e. The van der Waals surface area contributed by atoms with E-state index in [0.717, 1.165) is 12.1 Å². The number of hydrogen-bond donors (Lipinski definition) is 1. The van der Waals surface area contributed by atoms with Crippen LogP contribution >= 0.6 is 0 Å². The first kappa shape index (κ1) is 14.2. The number of aryl methyl sites for hydroxylation is 1. The molecule has 0 fully saturated rings. The Labute approximate surface area is 112 Å².